The predicted octanol–water partition coefficient (Wildman–Crippen LogP) is 2.97. The quantitative estimate of drug-likeness (QED) is 0.667. The highest BCUT2D eigenvalue weighted by atomic mass is 32.1. The molecule has 1 aromatic rings. The van der Waals surface area contributed by atoms with Crippen LogP contribution in [-0.4, -0.2) is 22.9 Å². The van der Waals surface area contributed by atoms with Crippen LogP contribution in [-0.2, 0) is 4.79 Å². The lowest BCUT2D eigenvalue weighted by molar-refractivity contribution is -0.124. The molecule has 0 spiro atoms. The Kier molecular flexibility index (Phi) is 3.38. The number of hydrogen-bond donors (Lipinski definition) is 1. The minimum absolute atomic E-state index is 0.0792. The zero-order chi connectivity index (χ0) is 13.2. The van der Waals surface area contributed by atoms with Crippen molar-refractivity contribution in [2.45, 2.75) is 38.1 Å². The molecule has 0 radical (unpaired) electrons. The first-order chi connectivity index (χ1) is 9.25. The van der Waals surface area contributed by atoms with Gasteiger partial charge in [-0.3, -0.25) is 9.69 Å². The van der Waals surface area contributed by atoms with E-state index in [1.54, 1.807) is 17.4 Å². The molecule has 2 heterocycles. The van der Waals surface area contributed by atoms with Crippen molar-refractivity contribution in [3.05, 3.63) is 28.1 Å². The smallest absolute Gasteiger partial charge is 0.303 e. The lowest BCUT2D eigenvalue weighted by atomic mass is 9.94. The van der Waals surface area contributed by atoms with Gasteiger partial charge in [0.15, 0.2) is 0 Å². The number of nitrogens with one attached hydrogen (secondary N) is 1. The Morgan fingerprint density at radius 2 is 2.05 bits per heavy atom. The predicted molar refractivity (Wildman–Crippen MR) is 74.5 cm³/mol. The highest BCUT2D eigenvalue weighted by Gasteiger charge is 2.38. The molecule has 5 heteroatoms. The van der Waals surface area contributed by atoms with Crippen molar-refractivity contribution in [1.29, 1.82) is 0 Å². The summed E-state index contributed by atoms with van der Waals surface area (Å²) in [5, 5.41) is 4.65. The van der Waals surface area contributed by atoms with Crippen LogP contribution in [0.1, 0.15) is 37.0 Å². The largest absolute Gasteiger partial charge is 0.329 e. The van der Waals surface area contributed by atoms with Gasteiger partial charge in [-0.05, 0) is 30.4 Å². The molecule has 2 aliphatic rings. The molecule has 0 aromatic carbocycles. The first-order valence-electron chi connectivity index (χ1n) is 6.65. The summed E-state index contributed by atoms with van der Waals surface area (Å²) in [6, 6.07) is 3.67. The van der Waals surface area contributed by atoms with Gasteiger partial charge in [0.05, 0.1) is 0 Å². The second kappa shape index (κ2) is 5.17. The van der Waals surface area contributed by atoms with Crippen LogP contribution in [0.5, 0.6) is 0 Å². The molecule has 3 amide bonds. The highest BCUT2D eigenvalue weighted by Crippen LogP contribution is 2.27. The number of nitrogens with zero attached hydrogens (tertiary/aromatic N) is 1. The monoisotopic (exact) mass is 276 g/mol. The van der Waals surface area contributed by atoms with Crippen LogP contribution in [0.3, 0.4) is 0 Å². The molecule has 1 aliphatic heterocycles. The Labute approximate surface area is 116 Å². The van der Waals surface area contributed by atoms with E-state index in [-0.39, 0.29) is 18.0 Å². The van der Waals surface area contributed by atoms with Gasteiger partial charge < -0.3 is 5.32 Å². The van der Waals surface area contributed by atoms with Crippen molar-refractivity contribution >= 4 is 29.4 Å². The van der Waals surface area contributed by atoms with E-state index in [4.69, 9.17) is 0 Å². The average molecular weight is 276 g/mol. The number of hydrogen-bond acceptors (Lipinski definition) is 3. The topological polar surface area (TPSA) is 49.4 Å². The minimum atomic E-state index is -0.264. The van der Waals surface area contributed by atoms with Crippen molar-refractivity contribution < 1.29 is 9.59 Å². The summed E-state index contributed by atoms with van der Waals surface area (Å²) in [6.07, 6.45) is 7.04. The Hall–Kier alpha value is -1.62. The number of rotatable bonds is 2. The van der Waals surface area contributed by atoms with Gasteiger partial charge in [0.25, 0.3) is 5.91 Å². The molecule has 100 valence electrons. The molecule has 0 bridgehead atoms. The standard InChI is InChI=1S/C14H16N2O2S/c17-13-12(9-11-7-4-8-19-11)15-14(18)16(13)10-5-2-1-3-6-10/h4,7-10H,1-3,5-6H2,(H,15,18)/b12-9-. The number of carbonyl (C=O) groups is 2. The fourth-order valence-corrected chi connectivity index (χ4v) is 3.39. The third kappa shape index (κ3) is 2.42. The van der Waals surface area contributed by atoms with Gasteiger partial charge in [0.2, 0.25) is 0 Å². The molecule has 3 rings (SSSR count). The maximum Gasteiger partial charge on any atom is 0.329 e. The van der Waals surface area contributed by atoms with E-state index in [1.807, 2.05) is 17.5 Å². The summed E-state index contributed by atoms with van der Waals surface area (Å²) in [7, 11) is 0. The van der Waals surface area contributed by atoms with Gasteiger partial charge in [-0.15, -0.1) is 11.3 Å². The zero-order valence-electron chi connectivity index (χ0n) is 10.6. The first kappa shape index (κ1) is 12.4. The Morgan fingerprint density at radius 3 is 2.74 bits per heavy atom. The van der Waals surface area contributed by atoms with Gasteiger partial charge in [0, 0.05) is 10.9 Å². The fraction of sp³-hybridized carbons (Fsp3) is 0.429. The first-order valence-corrected chi connectivity index (χ1v) is 7.53. The molecule has 4 nitrogen and oxygen atoms in total. The highest BCUT2D eigenvalue weighted by molar-refractivity contribution is 7.10. The van der Waals surface area contributed by atoms with Crippen LogP contribution < -0.4 is 5.32 Å². The average Bonchev–Trinajstić information content (AvgIpc) is 3.01. The fourth-order valence-electron chi connectivity index (χ4n) is 2.74. The van der Waals surface area contributed by atoms with E-state index >= 15 is 0 Å². The van der Waals surface area contributed by atoms with Gasteiger partial charge >= 0.3 is 6.03 Å². The Bertz CT molecular complexity index is 516. The summed E-state index contributed by atoms with van der Waals surface area (Å²) in [6.45, 7) is 0. The van der Waals surface area contributed by atoms with Crippen molar-refractivity contribution in [1.82, 2.24) is 10.2 Å². The van der Waals surface area contributed by atoms with Gasteiger partial charge in [-0.2, -0.15) is 0 Å². The second-order valence-corrected chi connectivity index (χ2v) is 5.95. The molecule has 0 unspecified atom stereocenters. The Balaban J connectivity index is 1.80. The van der Waals surface area contributed by atoms with Gasteiger partial charge in [-0.25, -0.2) is 4.79 Å². The molecule has 19 heavy (non-hydrogen) atoms. The lowest BCUT2D eigenvalue weighted by Crippen LogP contribution is -2.41. The molecule has 1 N–H and O–H groups in total. The minimum Gasteiger partial charge on any atom is -0.303 e. The molecule has 1 aliphatic carbocycles. The lowest BCUT2D eigenvalue weighted by Gasteiger charge is -2.28. The Morgan fingerprint density at radius 1 is 1.26 bits per heavy atom. The van der Waals surface area contributed by atoms with E-state index in [0.717, 1.165) is 30.6 Å². The molecular weight excluding hydrogens is 260 g/mol. The van der Waals surface area contributed by atoms with Crippen LogP contribution in [0.4, 0.5) is 4.79 Å². The van der Waals surface area contributed by atoms with E-state index in [1.165, 1.54) is 11.3 Å². The molecule has 1 saturated heterocycles. The van der Waals surface area contributed by atoms with Crippen molar-refractivity contribution in [3.63, 3.8) is 0 Å². The van der Waals surface area contributed by atoms with Crippen LogP contribution in [0.25, 0.3) is 6.08 Å². The van der Waals surface area contributed by atoms with E-state index in [0.29, 0.717) is 5.70 Å². The summed E-state index contributed by atoms with van der Waals surface area (Å²) in [4.78, 5) is 26.7. The van der Waals surface area contributed by atoms with Crippen LogP contribution >= 0.6 is 11.3 Å². The van der Waals surface area contributed by atoms with Crippen LogP contribution in [0, 0.1) is 0 Å². The summed E-state index contributed by atoms with van der Waals surface area (Å²) in [5.74, 6) is -0.176. The summed E-state index contributed by atoms with van der Waals surface area (Å²) in [5.41, 5.74) is 0.401. The van der Waals surface area contributed by atoms with Crippen molar-refractivity contribution in [3.8, 4) is 0 Å². The van der Waals surface area contributed by atoms with Gasteiger partial charge in [-0.1, -0.05) is 25.3 Å². The molecule has 0 atom stereocenters. The number of amides is 3. The maximum absolute atomic E-state index is 12.3. The maximum atomic E-state index is 12.3. The number of thiophene rings is 1. The van der Waals surface area contributed by atoms with Crippen LogP contribution in [0.15, 0.2) is 23.2 Å². The van der Waals surface area contributed by atoms with E-state index in [9.17, 15) is 9.59 Å². The van der Waals surface area contributed by atoms with Gasteiger partial charge in [0.1, 0.15) is 5.70 Å². The number of urea groups is 1. The van der Waals surface area contributed by atoms with Crippen molar-refractivity contribution in [2.75, 3.05) is 0 Å². The zero-order valence-corrected chi connectivity index (χ0v) is 11.4. The van der Waals surface area contributed by atoms with E-state index in [2.05, 4.69) is 5.32 Å². The second-order valence-electron chi connectivity index (χ2n) is 4.97. The molecule has 2 fully saturated rings. The molecule has 1 saturated carbocycles. The SMILES string of the molecule is O=C1N/C(=C\c2cccs2)C(=O)N1C1CCCCC1. The van der Waals surface area contributed by atoms with E-state index < -0.39 is 0 Å². The number of imide groups is 1. The van der Waals surface area contributed by atoms with Crippen LogP contribution in [0.2, 0.25) is 0 Å². The normalized spacial score (nSPS) is 23.2. The van der Waals surface area contributed by atoms with Crippen molar-refractivity contribution in [2.24, 2.45) is 0 Å². The molecular formula is C14H16N2O2S. The number of carbonyl (C=O) groups excluding carboxylic acids is 2. The summed E-state index contributed by atoms with van der Waals surface area (Å²) >= 11 is 1.55. The third-order valence-electron chi connectivity index (χ3n) is 3.68. The molecule has 1 aromatic heterocycles. The third-order valence-corrected chi connectivity index (χ3v) is 4.50. The summed E-state index contributed by atoms with van der Waals surface area (Å²) < 4.78 is 0.